The molecule has 650 valence electrons. The first-order chi connectivity index (χ1) is 62.2. The van der Waals surface area contributed by atoms with Crippen LogP contribution in [-0.2, 0) is 33.6 Å². The van der Waals surface area contributed by atoms with Gasteiger partial charge < -0.3 is 4.42 Å². The summed E-state index contributed by atoms with van der Waals surface area (Å²) >= 11 is 1.80. The van der Waals surface area contributed by atoms with Crippen molar-refractivity contribution in [2.75, 3.05) is 0 Å². The summed E-state index contributed by atoms with van der Waals surface area (Å²) < 4.78 is 51.7. The number of hydrogen-bond donors (Lipinski definition) is 0. The van der Waals surface area contributed by atoms with Gasteiger partial charge in [-0.1, -0.05) is 178 Å². The summed E-state index contributed by atoms with van der Waals surface area (Å²) in [6, 6.07) is 70.5. The molecule has 16 aromatic rings. The van der Waals surface area contributed by atoms with Crippen LogP contribution in [0.3, 0.4) is 0 Å². The molecule has 21 rings (SSSR count). The zero-order valence-corrected chi connectivity index (χ0v) is 81.0. The molecule has 127 heavy (non-hydrogen) atoms. The quantitative estimate of drug-likeness (QED) is 0.139. The lowest BCUT2D eigenvalue weighted by Gasteiger charge is -2.34. The molecular weight excluding hydrogens is 1560 g/mol. The molecule has 0 saturated heterocycles. The first kappa shape index (κ1) is 82.3. The fourth-order valence-electron chi connectivity index (χ4n) is 22.7. The third kappa shape index (κ3) is 17.1. The van der Waals surface area contributed by atoms with E-state index in [1.54, 1.807) is 17.6 Å². The Morgan fingerprint density at radius 3 is 1.03 bits per heavy atom. The van der Waals surface area contributed by atoms with Crippen LogP contribution in [0.25, 0.3) is 131 Å². The van der Waals surface area contributed by atoms with E-state index in [-0.39, 0.29) is 5.41 Å². The van der Waals surface area contributed by atoms with Gasteiger partial charge in [-0.15, -0.1) is 11.3 Å². The number of fused-ring (bicyclic) bond motifs is 10. The summed E-state index contributed by atoms with van der Waals surface area (Å²) in [6.07, 6.45) is 22.0. The van der Waals surface area contributed by atoms with Crippen LogP contribution in [0.1, 0.15) is 280 Å². The van der Waals surface area contributed by atoms with Crippen LogP contribution >= 0.6 is 11.3 Å². The summed E-state index contributed by atoms with van der Waals surface area (Å²) in [7, 11) is 8.42. The molecule has 0 atom stereocenters. The van der Waals surface area contributed by atoms with Crippen LogP contribution < -0.4 is 18.3 Å². The van der Waals surface area contributed by atoms with Crippen molar-refractivity contribution in [3.05, 3.63) is 296 Å². The summed E-state index contributed by atoms with van der Waals surface area (Å²) in [4.78, 5) is 0. The molecule has 6 aromatic heterocycles. The molecule has 0 N–H and O–H groups in total. The molecule has 0 spiro atoms. The SMILES string of the molecule is [2H]c1c(C)[n+](C)c(-c2cc3c(cc2C)-c2ccccc2C3(C)C)c2ccc(C3CCC(C)(C)CC3)cc12.[2H]c1c(C)[n+](C)c(-c2cc3ccccc3cc2C)c2ccc(C3CCC(C)(C)CC3)cc12.[2H]c1c(C)[n+](C)c(-c2cc3occc3cc2C)c2ccc(C3CCC(C)(C)CC3)cc12.[2H]c1c(C)[n+](C)c(-c2cc3sccc3cc2C)c2ccc(C3CCC(C)(C)CC3)cc12. The molecule has 6 heteroatoms. The second-order valence-electron chi connectivity index (χ2n) is 43.1. The monoisotopic (exact) mass is 1700 g/mol. The van der Waals surface area contributed by atoms with Crippen molar-refractivity contribution < 1.29 is 28.2 Å². The Bertz CT molecular complexity index is 7020. The first-order valence-electron chi connectivity index (χ1n) is 49.7. The average molecular weight is 1700 g/mol. The molecule has 6 heterocycles. The Labute approximate surface area is 768 Å². The van der Waals surface area contributed by atoms with Crippen molar-refractivity contribution in [1.29, 1.82) is 0 Å². The lowest BCUT2D eigenvalue weighted by atomic mass is 9.71. The second kappa shape index (κ2) is 33.9. The highest BCUT2D eigenvalue weighted by molar-refractivity contribution is 7.17. The van der Waals surface area contributed by atoms with E-state index in [0.29, 0.717) is 69.5 Å². The molecule has 0 amide bonds. The zero-order valence-electron chi connectivity index (χ0n) is 84.2. The summed E-state index contributed by atoms with van der Waals surface area (Å²) in [5, 5.41) is 16.2. The van der Waals surface area contributed by atoms with Crippen molar-refractivity contribution in [3.8, 4) is 56.2 Å². The maximum absolute atomic E-state index is 9.07. The molecule has 10 aromatic carbocycles. The molecule has 4 fully saturated rings. The highest BCUT2D eigenvalue weighted by atomic mass is 32.1. The number of pyridine rings is 4. The lowest BCUT2D eigenvalue weighted by molar-refractivity contribution is -0.665. The highest BCUT2D eigenvalue weighted by Crippen LogP contribution is 2.53. The van der Waals surface area contributed by atoms with Gasteiger partial charge in [0.1, 0.15) is 33.8 Å². The molecule has 0 aliphatic heterocycles. The third-order valence-electron chi connectivity index (χ3n) is 31.7. The average Bonchev–Trinajstić information content (AvgIpc) is 1.63. The molecular formula is C121H138N4OS+4. The third-order valence-corrected chi connectivity index (χ3v) is 32.6. The molecule has 0 radical (unpaired) electrons. The second-order valence-corrected chi connectivity index (χ2v) is 44.0. The number of rotatable bonds is 8. The van der Waals surface area contributed by atoms with E-state index in [1.165, 1.54) is 246 Å². The van der Waals surface area contributed by atoms with Crippen LogP contribution in [0, 0.1) is 77.0 Å². The van der Waals surface area contributed by atoms with Crippen LogP contribution in [-0.4, -0.2) is 0 Å². The van der Waals surface area contributed by atoms with Crippen molar-refractivity contribution in [1.82, 2.24) is 0 Å². The fraction of sp³-hybridized carbons (Fsp3) is 0.388. The predicted octanol–water partition coefficient (Wildman–Crippen LogP) is 31.9. The molecule has 4 saturated carbocycles. The Hall–Kier alpha value is -10.4. The van der Waals surface area contributed by atoms with E-state index in [9.17, 15) is 0 Å². The van der Waals surface area contributed by atoms with Gasteiger partial charge in [-0.25, -0.2) is 0 Å². The topological polar surface area (TPSA) is 28.7 Å². The highest BCUT2D eigenvalue weighted by Gasteiger charge is 2.39. The minimum absolute atomic E-state index is 0.0327. The standard InChI is InChI=1S/C35H40N.C30H34N.C28H32NO.C28H32NS/c1-22-18-30-28-10-8-9-11-31(28)35(5,6)32(30)21-29(22)33-27-13-12-25(20-26(27)19-23(2)36(33)7)24-14-16-34(3,4)17-15-24;1-20-16-23-8-6-7-9-24(23)19-28(20)29-27-11-10-25(18-26(27)17-21(2)31(29)5)22-12-14-30(3,4)15-13-22;2*1-18-14-22-10-13-30-26(22)17-25(18)27-24-7-6-21(16-23(24)15-19(2)29(27)5)20-8-11-28(3,4)12-9-20/h8-13,18-21,24H,14-17H2,1-7H3;6-11,16-19,22H,12-15H2,1-5H3;2*6-7,10,13-17,20H,8-9,11-12H2,1-5H3/q4*+1/i19D;17D;2*15D. The molecule has 5 nitrogen and oxygen atoms in total. The largest absolute Gasteiger partial charge is 0.464 e. The number of furan rings is 1. The molecule has 5 aliphatic carbocycles. The summed E-state index contributed by atoms with van der Waals surface area (Å²) in [5.74, 6) is 2.46. The van der Waals surface area contributed by atoms with Gasteiger partial charge in [0, 0.05) is 67.4 Å². The van der Waals surface area contributed by atoms with Gasteiger partial charge in [0.2, 0.25) is 22.8 Å². The maximum Gasteiger partial charge on any atom is 0.220 e. The Morgan fingerprint density at radius 1 is 0.299 bits per heavy atom. The first-order valence-corrected chi connectivity index (χ1v) is 48.6. The summed E-state index contributed by atoms with van der Waals surface area (Å²) in [6.45, 7) is 41.0. The van der Waals surface area contributed by atoms with E-state index < -0.39 is 0 Å². The van der Waals surface area contributed by atoms with Crippen LogP contribution in [0.5, 0.6) is 0 Å². The van der Waals surface area contributed by atoms with Gasteiger partial charge in [-0.3, -0.25) is 0 Å². The number of thiophene rings is 1. The molecule has 0 bridgehead atoms. The minimum atomic E-state index is -0.0327. The lowest BCUT2D eigenvalue weighted by Crippen LogP contribution is -2.35. The van der Waals surface area contributed by atoms with Gasteiger partial charge in [-0.05, 0) is 358 Å². The number of aromatic nitrogens is 4. The van der Waals surface area contributed by atoms with E-state index in [4.69, 9.17) is 9.90 Å². The van der Waals surface area contributed by atoms with Crippen LogP contribution in [0.4, 0.5) is 0 Å². The van der Waals surface area contributed by atoms with Crippen molar-refractivity contribution in [2.45, 2.75) is 256 Å². The predicted molar refractivity (Wildman–Crippen MR) is 540 cm³/mol. The van der Waals surface area contributed by atoms with E-state index in [0.717, 1.165) is 66.4 Å². The Kier molecular flexibility index (Phi) is 22.0. The van der Waals surface area contributed by atoms with Crippen molar-refractivity contribution in [3.63, 3.8) is 0 Å². The zero-order chi connectivity index (χ0) is 92.7. The number of nitrogens with zero attached hydrogens (tertiary/aromatic N) is 4. The van der Waals surface area contributed by atoms with Crippen molar-refractivity contribution in [2.24, 2.45) is 49.9 Å². The summed E-state index contributed by atoms with van der Waals surface area (Å²) in [5.41, 5.74) is 32.9. The number of benzene rings is 10. The van der Waals surface area contributed by atoms with Gasteiger partial charge in [0.15, 0.2) is 22.8 Å². The van der Waals surface area contributed by atoms with E-state index >= 15 is 0 Å². The maximum atomic E-state index is 9.07. The number of aryl methyl sites for hydroxylation is 4. The van der Waals surface area contributed by atoms with E-state index in [2.05, 4.69) is 352 Å². The fourth-order valence-corrected chi connectivity index (χ4v) is 23.5. The van der Waals surface area contributed by atoms with Gasteiger partial charge >= 0.3 is 0 Å². The van der Waals surface area contributed by atoms with Gasteiger partial charge in [0.25, 0.3) is 0 Å². The van der Waals surface area contributed by atoms with E-state index in [1.807, 2.05) is 6.07 Å². The van der Waals surface area contributed by atoms with Gasteiger partial charge in [-0.2, -0.15) is 18.3 Å². The van der Waals surface area contributed by atoms with Crippen molar-refractivity contribution >= 4 is 86.3 Å². The van der Waals surface area contributed by atoms with Crippen LogP contribution in [0.2, 0.25) is 0 Å². The normalized spacial score (nSPS) is 17.8. The smallest absolute Gasteiger partial charge is 0.220 e. The van der Waals surface area contributed by atoms with Crippen LogP contribution in [0.15, 0.2) is 222 Å². The Morgan fingerprint density at radius 2 is 0.630 bits per heavy atom. The molecule has 5 aliphatic rings. The van der Waals surface area contributed by atoms with Gasteiger partial charge in [0.05, 0.1) is 55.5 Å². The Balaban J connectivity index is 0.000000118. The molecule has 0 unspecified atom stereocenters. The minimum Gasteiger partial charge on any atom is -0.464 e. The number of hydrogen-bond acceptors (Lipinski definition) is 2.